The van der Waals surface area contributed by atoms with E-state index in [1.165, 1.54) is 12.3 Å². The Balaban J connectivity index is 1.53. The molecule has 0 saturated carbocycles. The van der Waals surface area contributed by atoms with E-state index in [-0.39, 0.29) is 23.7 Å². The van der Waals surface area contributed by atoms with Gasteiger partial charge in [-0.25, -0.2) is 15.0 Å². The summed E-state index contributed by atoms with van der Waals surface area (Å²) in [6.07, 6.45) is 5.88. The highest BCUT2D eigenvalue weighted by Crippen LogP contribution is 2.31. The molecule has 2 aromatic heterocycles. The second-order valence-electron chi connectivity index (χ2n) is 8.35. The van der Waals surface area contributed by atoms with Gasteiger partial charge in [-0.1, -0.05) is 12.1 Å². The van der Waals surface area contributed by atoms with Crippen LogP contribution in [0.4, 0.5) is 5.95 Å². The summed E-state index contributed by atoms with van der Waals surface area (Å²) in [7, 11) is 3.79. The summed E-state index contributed by atoms with van der Waals surface area (Å²) in [6.45, 7) is 1.42. The molecule has 1 unspecified atom stereocenters. The van der Waals surface area contributed by atoms with Gasteiger partial charge >= 0.3 is 0 Å². The maximum atomic E-state index is 12.7. The molecule has 1 aromatic carbocycles. The van der Waals surface area contributed by atoms with Crippen molar-refractivity contribution in [1.29, 1.82) is 10.5 Å². The summed E-state index contributed by atoms with van der Waals surface area (Å²) < 4.78 is 0. The van der Waals surface area contributed by atoms with Gasteiger partial charge < -0.3 is 10.2 Å². The third kappa shape index (κ3) is 5.01. The molecule has 34 heavy (non-hydrogen) atoms. The van der Waals surface area contributed by atoms with Crippen LogP contribution in [0.5, 0.6) is 0 Å². The number of pyridine rings is 1. The van der Waals surface area contributed by atoms with Gasteiger partial charge in [-0.15, -0.1) is 0 Å². The predicted molar refractivity (Wildman–Crippen MR) is 126 cm³/mol. The largest absolute Gasteiger partial charge is 0.348 e. The summed E-state index contributed by atoms with van der Waals surface area (Å²) in [6, 6.07) is 14.6. The summed E-state index contributed by atoms with van der Waals surface area (Å²) in [5.74, 6) is 0.419. The van der Waals surface area contributed by atoms with Crippen LogP contribution in [0.15, 0.2) is 55.0 Å². The molecule has 9 heteroatoms. The Morgan fingerprint density at radius 1 is 1.03 bits per heavy atom. The van der Waals surface area contributed by atoms with Crippen LogP contribution in [0.25, 0.3) is 0 Å². The third-order valence-corrected chi connectivity index (χ3v) is 5.79. The maximum Gasteiger partial charge on any atom is 0.253 e. The standard InChI is InChI=1S/C25H24N8O/c1-32(2)25-29-14-20(15-30-25)23(18-5-3-17(11-26)4-6-18)33-10-9-22(16-33)31-24(34)19-7-8-21(12-27)28-13-19/h3-8,13-15,22-23H,9-10,16H2,1-2H3,(H,31,34)/t22?,23-/m1/s1. The van der Waals surface area contributed by atoms with Crippen molar-refractivity contribution in [2.24, 2.45) is 0 Å². The van der Waals surface area contributed by atoms with E-state index >= 15 is 0 Å². The number of hydrogen-bond acceptors (Lipinski definition) is 8. The average molecular weight is 453 g/mol. The van der Waals surface area contributed by atoms with Gasteiger partial charge in [-0.05, 0) is 36.2 Å². The van der Waals surface area contributed by atoms with Crippen LogP contribution in [0.3, 0.4) is 0 Å². The quantitative estimate of drug-likeness (QED) is 0.604. The Kier molecular flexibility index (Phi) is 6.77. The number of nitriles is 2. The van der Waals surface area contributed by atoms with Gasteiger partial charge in [0.1, 0.15) is 11.8 Å². The molecule has 170 valence electrons. The Labute approximate surface area is 198 Å². The molecule has 1 aliphatic heterocycles. The zero-order valence-electron chi connectivity index (χ0n) is 19.0. The average Bonchev–Trinajstić information content (AvgIpc) is 3.32. The molecule has 0 spiro atoms. The van der Waals surface area contributed by atoms with E-state index in [1.54, 1.807) is 6.07 Å². The second kappa shape index (κ2) is 10.1. The van der Waals surface area contributed by atoms with Crippen molar-refractivity contribution in [3.05, 3.63) is 82.9 Å². The summed E-state index contributed by atoms with van der Waals surface area (Å²) in [5, 5.41) is 21.1. The van der Waals surface area contributed by atoms with Crippen molar-refractivity contribution in [1.82, 2.24) is 25.2 Å². The molecule has 1 fully saturated rings. The lowest BCUT2D eigenvalue weighted by atomic mass is 9.98. The van der Waals surface area contributed by atoms with E-state index in [1.807, 2.05) is 61.7 Å². The van der Waals surface area contributed by atoms with E-state index in [9.17, 15) is 10.1 Å². The lowest BCUT2D eigenvalue weighted by Gasteiger charge is -2.28. The van der Waals surface area contributed by atoms with Crippen LogP contribution in [0.2, 0.25) is 0 Å². The molecule has 1 N–H and O–H groups in total. The minimum Gasteiger partial charge on any atom is -0.348 e. The van der Waals surface area contributed by atoms with E-state index < -0.39 is 0 Å². The van der Waals surface area contributed by atoms with Crippen LogP contribution >= 0.6 is 0 Å². The number of amides is 1. The molecule has 1 amide bonds. The van der Waals surface area contributed by atoms with Crippen molar-refractivity contribution in [2.45, 2.75) is 18.5 Å². The number of aromatic nitrogens is 3. The molecular weight excluding hydrogens is 428 g/mol. The van der Waals surface area contributed by atoms with Gasteiger partial charge in [-0.2, -0.15) is 10.5 Å². The zero-order valence-corrected chi connectivity index (χ0v) is 19.0. The number of hydrogen-bond donors (Lipinski definition) is 1. The molecule has 3 heterocycles. The Morgan fingerprint density at radius 2 is 1.76 bits per heavy atom. The molecule has 1 aliphatic rings. The molecule has 0 radical (unpaired) electrons. The fraction of sp³-hybridized carbons (Fsp3) is 0.280. The highest BCUT2D eigenvalue weighted by Gasteiger charge is 2.31. The number of benzene rings is 1. The van der Waals surface area contributed by atoms with Crippen molar-refractivity contribution in [3.8, 4) is 12.1 Å². The van der Waals surface area contributed by atoms with Crippen LogP contribution in [0, 0.1) is 22.7 Å². The highest BCUT2D eigenvalue weighted by molar-refractivity contribution is 5.94. The predicted octanol–water partition coefficient (Wildman–Crippen LogP) is 2.27. The first kappa shape index (κ1) is 22.8. The van der Waals surface area contributed by atoms with Crippen LogP contribution in [-0.2, 0) is 0 Å². The fourth-order valence-electron chi connectivity index (χ4n) is 4.06. The first-order valence-electron chi connectivity index (χ1n) is 10.9. The van der Waals surface area contributed by atoms with Gasteiger partial charge in [0.25, 0.3) is 5.91 Å². The lowest BCUT2D eigenvalue weighted by molar-refractivity contribution is 0.0936. The number of nitrogens with one attached hydrogen (secondary N) is 1. The fourth-order valence-corrected chi connectivity index (χ4v) is 4.06. The van der Waals surface area contributed by atoms with E-state index in [0.29, 0.717) is 23.6 Å². The van der Waals surface area contributed by atoms with Gasteiger partial charge in [-0.3, -0.25) is 9.69 Å². The van der Waals surface area contributed by atoms with Crippen LogP contribution < -0.4 is 10.2 Å². The van der Waals surface area contributed by atoms with Gasteiger partial charge in [0.15, 0.2) is 0 Å². The smallest absolute Gasteiger partial charge is 0.253 e. The number of rotatable bonds is 6. The topological polar surface area (TPSA) is 122 Å². The van der Waals surface area contributed by atoms with Crippen molar-refractivity contribution < 1.29 is 4.79 Å². The van der Waals surface area contributed by atoms with Gasteiger partial charge in [0.05, 0.1) is 23.2 Å². The zero-order chi connectivity index (χ0) is 24.1. The molecule has 3 aromatic rings. The monoisotopic (exact) mass is 452 g/mol. The van der Waals surface area contributed by atoms with Crippen molar-refractivity contribution >= 4 is 11.9 Å². The van der Waals surface area contributed by atoms with Crippen molar-refractivity contribution in [2.75, 3.05) is 32.1 Å². The second-order valence-corrected chi connectivity index (χ2v) is 8.35. The molecule has 9 nitrogen and oxygen atoms in total. The maximum absolute atomic E-state index is 12.7. The highest BCUT2D eigenvalue weighted by atomic mass is 16.1. The van der Waals surface area contributed by atoms with E-state index in [0.717, 1.165) is 24.1 Å². The SMILES string of the molecule is CN(C)c1ncc([C@@H](c2ccc(C#N)cc2)N2CCC(NC(=O)c3ccc(C#N)nc3)C2)cn1. The molecule has 4 rings (SSSR count). The summed E-state index contributed by atoms with van der Waals surface area (Å²) in [4.78, 5) is 29.8. The van der Waals surface area contributed by atoms with Crippen LogP contribution in [-0.4, -0.2) is 59.0 Å². The number of nitrogens with zero attached hydrogens (tertiary/aromatic N) is 7. The lowest BCUT2D eigenvalue weighted by Crippen LogP contribution is -2.38. The van der Waals surface area contributed by atoms with Gasteiger partial charge in [0.2, 0.25) is 5.95 Å². The molecule has 1 saturated heterocycles. The molecule has 0 aliphatic carbocycles. The molecule has 2 atom stereocenters. The first-order chi connectivity index (χ1) is 16.5. The van der Waals surface area contributed by atoms with Crippen LogP contribution in [0.1, 0.15) is 45.2 Å². The minimum absolute atomic E-state index is 0.0361. The minimum atomic E-state index is -0.211. The molecular formula is C25H24N8O. The Bertz CT molecular complexity index is 1220. The number of anilines is 1. The molecule has 0 bridgehead atoms. The summed E-state index contributed by atoms with van der Waals surface area (Å²) in [5.41, 5.74) is 3.27. The Hall–Kier alpha value is -4.34. The van der Waals surface area contributed by atoms with E-state index in [2.05, 4.69) is 31.2 Å². The summed E-state index contributed by atoms with van der Waals surface area (Å²) >= 11 is 0. The van der Waals surface area contributed by atoms with Gasteiger partial charge in [0, 0.05) is 57.4 Å². The van der Waals surface area contributed by atoms with E-state index in [4.69, 9.17) is 5.26 Å². The normalized spacial score (nSPS) is 16.3. The first-order valence-corrected chi connectivity index (χ1v) is 10.9. The number of carbonyl (C=O) groups excluding carboxylic acids is 1. The third-order valence-electron chi connectivity index (χ3n) is 5.79. The van der Waals surface area contributed by atoms with Crippen molar-refractivity contribution in [3.63, 3.8) is 0 Å². The number of carbonyl (C=O) groups is 1. The number of likely N-dealkylation sites (tertiary alicyclic amines) is 1. The Morgan fingerprint density at radius 3 is 2.35 bits per heavy atom.